The summed E-state index contributed by atoms with van der Waals surface area (Å²) < 4.78 is 5.73. The van der Waals surface area contributed by atoms with Gasteiger partial charge in [0.1, 0.15) is 5.82 Å². The minimum atomic E-state index is 0.469. The Kier molecular flexibility index (Phi) is 5.10. The average molecular weight is 277 g/mol. The lowest BCUT2D eigenvalue weighted by atomic mass is 10.2. The number of ether oxygens (including phenoxy) is 1. The first-order valence-corrected chi connectivity index (χ1v) is 7.77. The Balaban J connectivity index is 2.15. The van der Waals surface area contributed by atoms with Crippen molar-refractivity contribution >= 4 is 11.5 Å². The van der Waals surface area contributed by atoms with Gasteiger partial charge in [-0.3, -0.25) is 0 Å². The zero-order chi connectivity index (χ0) is 14.5. The minimum absolute atomic E-state index is 0.469. The molecule has 1 fully saturated rings. The molecule has 0 radical (unpaired) electrons. The molecule has 0 saturated heterocycles. The Morgan fingerprint density at radius 2 is 2.05 bits per heavy atom. The van der Waals surface area contributed by atoms with Gasteiger partial charge >= 0.3 is 0 Å². The highest BCUT2D eigenvalue weighted by Crippen LogP contribution is 2.30. The lowest BCUT2D eigenvalue weighted by Gasteiger charge is -2.29. The van der Waals surface area contributed by atoms with E-state index in [4.69, 9.17) is 10.5 Å². The largest absolute Gasteiger partial charge is 0.476 e. The van der Waals surface area contributed by atoms with Crippen molar-refractivity contribution in [3.05, 3.63) is 12.1 Å². The summed E-state index contributed by atoms with van der Waals surface area (Å²) in [5.74, 6) is 2.04. The van der Waals surface area contributed by atoms with E-state index in [0.29, 0.717) is 30.1 Å². The smallest absolute Gasteiger partial charge is 0.239 e. The third-order valence-electron chi connectivity index (χ3n) is 3.83. The van der Waals surface area contributed by atoms with Crippen LogP contribution in [0.3, 0.4) is 0 Å². The van der Waals surface area contributed by atoms with Gasteiger partial charge in [-0.05, 0) is 37.8 Å². The zero-order valence-electron chi connectivity index (χ0n) is 12.9. The van der Waals surface area contributed by atoms with E-state index in [1.165, 1.54) is 25.7 Å². The van der Waals surface area contributed by atoms with Crippen LogP contribution in [0, 0.1) is 5.92 Å². The zero-order valence-corrected chi connectivity index (χ0v) is 12.9. The van der Waals surface area contributed by atoms with Crippen molar-refractivity contribution in [3.8, 4) is 5.88 Å². The van der Waals surface area contributed by atoms with Crippen LogP contribution < -0.4 is 15.4 Å². The Morgan fingerprint density at radius 3 is 2.65 bits per heavy atom. The second-order valence-electron chi connectivity index (χ2n) is 5.99. The summed E-state index contributed by atoms with van der Waals surface area (Å²) in [7, 11) is 0. The third kappa shape index (κ3) is 3.56. The number of hydrogen-bond donors (Lipinski definition) is 1. The van der Waals surface area contributed by atoms with E-state index in [1.54, 1.807) is 0 Å². The highest BCUT2D eigenvalue weighted by molar-refractivity contribution is 5.55. The van der Waals surface area contributed by atoms with Crippen LogP contribution in [0.2, 0.25) is 0 Å². The maximum absolute atomic E-state index is 5.96. The van der Waals surface area contributed by atoms with E-state index in [-0.39, 0.29) is 0 Å². The van der Waals surface area contributed by atoms with Gasteiger partial charge in [0.15, 0.2) is 0 Å². The number of nitrogen functional groups attached to an aromatic ring is 1. The molecule has 1 aromatic rings. The topological polar surface area (TPSA) is 51.4 Å². The quantitative estimate of drug-likeness (QED) is 0.865. The van der Waals surface area contributed by atoms with E-state index < -0.39 is 0 Å². The fourth-order valence-corrected chi connectivity index (χ4v) is 2.79. The van der Waals surface area contributed by atoms with E-state index in [2.05, 4.69) is 30.7 Å². The molecule has 0 atom stereocenters. The highest BCUT2D eigenvalue weighted by Gasteiger charge is 2.23. The molecule has 0 bridgehead atoms. The molecule has 20 heavy (non-hydrogen) atoms. The second-order valence-corrected chi connectivity index (χ2v) is 5.99. The number of pyridine rings is 1. The molecule has 4 nitrogen and oxygen atoms in total. The number of anilines is 2. The lowest BCUT2D eigenvalue weighted by Crippen LogP contribution is -2.33. The summed E-state index contributed by atoms with van der Waals surface area (Å²) in [6.07, 6.45) is 5.18. The van der Waals surface area contributed by atoms with Gasteiger partial charge in [-0.2, -0.15) is 4.98 Å². The maximum Gasteiger partial charge on any atom is 0.239 e. The number of aromatic nitrogens is 1. The summed E-state index contributed by atoms with van der Waals surface area (Å²) in [4.78, 5) is 7.02. The molecule has 1 heterocycles. The fourth-order valence-electron chi connectivity index (χ4n) is 2.79. The standard InChI is InChI=1S/C16H27N3O/c1-4-19(13-7-5-6-8-13)15-10-9-14(17)16(18-15)20-11-12(2)3/h9-10,12-13H,4-8,11,17H2,1-3H3. The number of nitrogens with two attached hydrogens (primary N) is 1. The first-order chi connectivity index (χ1) is 9.61. The predicted molar refractivity (Wildman–Crippen MR) is 84.3 cm³/mol. The third-order valence-corrected chi connectivity index (χ3v) is 3.83. The SMILES string of the molecule is CCN(c1ccc(N)c(OCC(C)C)n1)C1CCCC1. The average Bonchev–Trinajstić information content (AvgIpc) is 2.93. The van der Waals surface area contributed by atoms with Crippen LogP contribution in [0.25, 0.3) is 0 Å². The summed E-state index contributed by atoms with van der Waals surface area (Å²) in [5.41, 5.74) is 6.59. The molecule has 112 valence electrons. The molecule has 1 aromatic heterocycles. The summed E-state index contributed by atoms with van der Waals surface area (Å²) in [6, 6.07) is 4.55. The van der Waals surface area contributed by atoms with Crippen LogP contribution in [0.4, 0.5) is 11.5 Å². The summed E-state index contributed by atoms with van der Waals surface area (Å²) >= 11 is 0. The monoisotopic (exact) mass is 277 g/mol. The first-order valence-electron chi connectivity index (χ1n) is 7.77. The fraction of sp³-hybridized carbons (Fsp3) is 0.688. The van der Waals surface area contributed by atoms with Crippen molar-refractivity contribution in [2.75, 3.05) is 23.8 Å². The molecular weight excluding hydrogens is 250 g/mol. The Morgan fingerprint density at radius 1 is 1.35 bits per heavy atom. The first kappa shape index (κ1) is 14.9. The van der Waals surface area contributed by atoms with Crippen molar-refractivity contribution < 1.29 is 4.74 Å². The number of nitrogens with zero attached hydrogens (tertiary/aromatic N) is 2. The second kappa shape index (κ2) is 6.82. The molecule has 0 aromatic carbocycles. The van der Waals surface area contributed by atoms with Gasteiger partial charge in [-0.25, -0.2) is 0 Å². The molecule has 1 aliphatic carbocycles. The van der Waals surface area contributed by atoms with E-state index in [0.717, 1.165) is 12.4 Å². The normalized spacial score (nSPS) is 15.8. The van der Waals surface area contributed by atoms with E-state index in [9.17, 15) is 0 Å². The molecular formula is C16H27N3O. The van der Waals surface area contributed by atoms with Gasteiger partial charge in [0, 0.05) is 12.6 Å². The van der Waals surface area contributed by atoms with Gasteiger partial charge in [0.05, 0.1) is 12.3 Å². The predicted octanol–water partition coefficient (Wildman–Crippen LogP) is 3.47. The summed E-state index contributed by atoms with van der Waals surface area (Å²) in [6.45, 7) is 8.06. The van der Waals surface area contributed by atoms with Crippen molar-refractivity contribution in [1.82, 2.24) is 4.98 Å². The van der Waals surface area contributed by atoms with E-state index in [1.807, 2.05) is 12.1 Å². The van der Waals surface area contributed by atoms with Gasteiger partial charge in [-0.1, -0.05) is 26.7 Å². The van der Waals surface area contributed by atoms with Crippen molar-refractivity contribution in [2.45, 2.75) is 52.5 Å². The van der Waals surface area contributed by atoms with Gasteiger partial charge < -0.3 is 15.4 Å². The number of hydrogen-bond acceptors (Lipinski definition) is 4. The molecule has 1 aliphatic rings. The van der Waals surface area contributed by atoms with Gasteiger partial charge in [0.25, 0.3) is 0 Å². The van der Waals surface area contributed by atoms with Crippen molar-refractivity contribution in [2.24, 2.45) is 5.92 Å². The van der Waals surface area contributed by atoms with E-state index >= 15 is 0 Å². The lowest BCUT2D eigenvalue weighted by molar-refractivity contribution is 0.263. The highest BCUT2D eigenvalue weighted by atomic mass is 16.5. The molecule has 0 aliphatic heterocycles. The Hall–Kier alpha value is -1.45. The molecule has 2 rings (SSSR count). The van der Waals surface area contributed by atoms with Crippen LogP contribution in [0.1, 0.15) is 46.5 Å². The maximum atomic E-state index is 5.96. The van der Waals surface area contributed by atoms with Crippen LogP contribution in [-0.2, 0) is 0 Å². The Bertz CT molecular complexity index is 428. The number of rotatable bonds is 6. The van der Waals surface area contributed by atoms with Crippen LogP contribution in [-0.4, -0.2) is 24.2 Å². The molecule has 4 heteroatoms. The summed E-state index contributed by atoms with van der Waals surface area (Å²) in [5, 5.41) is 0. The molecule has 0 amide bonds. The molecule has 1 saturated carbocycles. The van der Waals surface area contributed by atoms with Gasteiger partial charge in [0.2, 0.25) is 5.88 Å². The molecule has 0 spiro atoms. The Labute approximate surface area is 122 Å². The molecule has 0 unspecified atom stereocenters. The van der Waals surface area contributed by atoms with Crippen LogP contribution in [0.15, 0.2) is 12.1 Å². The van der Waals surface area contributed by atoms with Gasteiger partial charge in [-0.15, -0.1) is 0 Å². The van der Waals surface area contributed by atoms with Crippen molar-refractivity contribution in [1.29, 1.82) is 0 Å². The van der Waals surface area contributed by atoms with Crippen LogP contribution >= 0.6 is 0 Å². The molecule has 2 N–H and O–H groups in total. The van der Waals surface area contributed by atoms with Crippen molar-refractivity contribution in [3.63, 3.8) is 0 Å². The van der Waals surface area contributed by atoms with Crippen LogP contribution in [0.5, 0.6) is 5.88 Å². The minimum Gasteiger partial charge on any atom is -0.476 e.